The maximum absolute atomic E-state index is 13.2. The third-order valence-corrected chi connectivity index (χ3v) is 4.15. The van der Waals surface area contributed by atoms with Crippen molar-refractivity contribution >= 4 is 22.4 Å². The SMILES string of the molecule is CC(C)c1nnc(NC(=O)c2cc(-c3cccc(F)c3)no2)s1. The minimum absolute atomic E-state index is 0.0190. The number of amides is 1. The lowest BCUT2D eigenvalue weighted by atomic mass is 10.1. The summed E-state index contributed by atoms with van der Waals surface area (Å²) in [5.74, 6) is -0.605. The lowest BCUT2D eigenvalue weighted by molar-refractivity contribution is 0.0988. The number of carbonyl (C=O) groups is 1. The van der Waals surface area contributed by atoms with Crippen molar-refractivity contribution in [3.8, 4) is 11.3 Å². The summed E-state index contributed by atoms with van der Waals surface area (Å²) in [6, 6.07) is 7.35. The molecular formula is C15H13FN4O2S. The topological polar surface area (TPSA) is 80.9 Å². The zero-order valence-corrected chi connectivity index (χ0v) is 13.2. The minimum atomic E-state index is -0.480. The summed E-state index contributed by atoms with van der Waals surface area (Å²) in [4.78, 5) is 12.1. The first kappa shape index (κ1) is 15.3. The van der Waals surface area contributed by atoms with E-state index in [0.29, 0.717) is 16.4 Å². The second-order valence-electron chi connectivity index (χ2n) is 5.14. The Hall–Kier alpha value is -2.61. The highest BCUT2D eigenvalue weighted by Crippen LogP contribution is 2.24. The van der Waals surface area contributed by atoms with Crippen molar-refractivity contribution in [2.24, 2.45) is 0 Å². The van der Waals surface area contributed by atoms with Crippen LogP contribution in [-0.4, -0.2) is 21.3 Å². The van der Waals surface area contributed by atoms with E-state index in [4.69, 9.17) is 4.52 Å². The highest BCUT2D eigenvalue weighted by molar-refractivity contribution is 7.15. The van der Waals surface area contributed by atoms with Gasteiger partial charge in [0.1, 0.15) is 16.5 Å². The fourth-order valence-corrected chi connectivity index (χ4v) is 2.58. The van der Waals surface area contributed by atoms with Crippen LogP contribution in [0, 0.1) is 5.82 Å². The van der Waals surface area contributed by atoms with Gasteiger partial charge in [0.05, 0.1) is 0 Å². The van der Waals surface area contributed by atoms with E-state index in [0.717, 1.165) is 5.01 Å². The number of aromatic nitrogens is 3. The molecule has 2 aromatic heterocycles. The second-order valence-corrected chi connectivity index (χ2v) is 6.15. The number of carbonyl (C=O) groups excluding carboxylic acids is 1. The van der Waals surface area contributed by atoms with E-state index >= 15 is 0 Å². The summed E-state index contributed by atoms with van der Waals surface area (Å²) in [6.07, 6.45) is 0. The average Bonchev–Trinajstić information content (AvgIpc) is 3.16. The van der Waals surface area contributed by atoms with Gasteiger partial charge in [0, 0.05) is 17.5 Å². The Morgan fingerprint density at radius 2 is 2.13 bits per heavy atom. The van der Waals surface area contributed by atoms with Crippen LogP contribution in [0.5, 0.6) is 0 Å². The van der Waals surface area contributed by atoms with Crippen LogP contribution in [-0.2, 0) is 0 Å². The van der Waals surface area contributed by atoms with Crippen molar-refractivity contribution < 1.29 is 13.7 Å². The summed E-state index contributed by atoms with van der Waals surface area (Å²) < 4.78 is 18.2. The first-order valence-electron chi connectivity index (χ1n) is 6.90. The highest BCUT2D eigenvalue weighted by atomic mass is 32.1. The monoisotopic (exact) mass is 332 g/mol. The molecule has 118 valence electrons. The van der Waals surface area contributed by atoms with Gasteiger partial charge in [-0.05, 0) is 12.1 Å². The molecule has 2 heterocycles. The summed E-state index contributed by atoms with van der Waals surface area (Å²) in [6.45, 7) is 3.99. The fourth-order valence-electron chi connectivity index (χ4n) is 1.84. The summed E-state index contributed by atoms with van der Waals surface area (Å²) in [5, 5.41) is 15.5. The molecule has 3 rings (SSSR count). The fraction of sp³-hybridized carbons (Fsp3) is 0.200. The third-order valence-electron chi connectivity index (χ3n) is 3.01. The Kier molecular flexibility index (Phi) is 4.16. The molecule has 0 atom stereocenters. The van der Waals surface area contributed by atoms with Gasteiger partial charge in [0.2, 0.25) is 10.9 Å². The van der Waals surface area contributed by atoms with Crippen LogP contribution in [0.3, 0.4) is 0 Å². The number of halogens is 1. The first-order chi connectivity index (χ1) is 11.0. The largest absolute Gasteiger partial charge is 0.350 e. The van der Waals surface area contributed by atoms with Crippen molar-refractivity contribution in [3.63, 3.8) is 0 Å². The van der Waals surface area contributed by atoms with E-state index < -0.39 is 5.91 Å². The molecule has 0 aliphatic rings. The van der Waals surface area contributed by atoms with Crippen LogP contribution in [0.25, 0.3) is 11.3 Å². The van der Waals surface area contributed by atoms with Gasteiger partial charge in [-0.3, -0.25) is 10.1 Å². The van der Waals surface area contributed by atoms with E-state index in [1.807, 2.05) is 13.8 Å². The maximum Gasteiger partial charge on any atom is 0.296 e. The number of nitrogens with zero attached hydrogens (tertiary/aromatic N) is 3. The van der Waals surface area contributed by atoms with E-state index in [9.17, 15) is 9.18 Å². The average molecular weight is 332 g/mol. The molecule has 0 aliphatic carbocycles. The zero-order valence-electron chi connectivity index (χ0n) is 12.4. The van der Waals surface area contributed by atoms with Gasteiger partial charge in [-0.1, -0.05) is 42.5 Å². The van der Waals surface area contributed by atoms with E-state index in [2.05, 4.69) is 20.7 Å². The molecule has 0 aliphatic heterocycles. The van der Waals surface area contributed by atoms with Crippen molar-refractivity contribution in [2.45, 2.75) is 19.8 Å². The second kappa shape index (κ2) is 6.25. The number of hydrogen-bond acceptors (Lipinski definition) is 6. The van der Waals surface area contributed by atoms with E-state index in [-0.39, 0.29) is 17.5 Å². The zero-order chi connectivity index (χ0) is 16.4. The summed E-state index contributed by atoms with van der Waals surface area (Å²) in [7, 11) is 0. The molecule has 0 fully saturated rings. The van der Waals surface area contributed by atoms with Crippen LogP contribution in [0.4, 0.5) is 9.52 Å². The quantitative estimate of drug-likeness (QED) is 0.788. The highest BCUT2D eigenvalue weighted by Gasteiger charge is 2.17. The molecule has 1 aromatic carbocycles. The lowest BCUT2D eigenvalue weighted by Crippen LogP contribution is -2.10. The summed E-state index contributed by atoms with van der Waals surface area (Å²) >= 11 is 1.30. The number of benzene rings is 1. The van der Waals surface area contributed by atoms with Gasteiger partial charge in [-0.2, -0.15) is 0 Å². The van der Waals surface area contributed by atoms with E-state index in [1.165, 1.54) is 29.5 Å². The molecule has 23 heavy (non-hydrogen) atoms. The Morgan fingerprint density at radius 1 is 1.30 bits per heavy atom. The Morgan fingerprint density at radius 3 is 2.83 bits per heavy atom. The number of hydrogen-bond donors (Lipinski definition) is 1. The molecule has 8 heteroatoms. The molecule has 3 aromatic rings. The molecule has 0 spiro atoms. The molecule has 0 unspecified atom stereocenters. The standard InChI is InChI=1S/C15H13FN4O2S/c1-8(2)14-18-19-15(23-14)17-13(21)12-7-11(20-22-12)9-4-3-5-10(16)6-9/h3-8H,1-2H3,(H,17,19,21). The van der Waals surface area contributed by atoms with Crippen LogP contribution in [0.2, 0.25) is 0 Å². The predicted octanol–water partition coefficient (Wildman–Crippen LogP) is 3.71. The van der Waals surface area contributed by atoms with Crippen molar-refractivity contribution in [1.29, 1.82) is 0 Å². The van der Waals surface area contributed by atoms with Crippen molar-refractivity contribution in [2.75, 3.05) is 5.32 Å². The molecular weight excluding hydrogens is 319 g/mol. The number of rotatable bonds is 4. The first-order valence-corrected chi connectivity index (χ1v) is 7.72. The van der Waals surface area contributed by atoms with Crippen LogP contribution in [0.15, 0.2) is 34.9 Å². The van der Waals surface area contributed by atoms with Crippen LogP contribution < -0.4 is 5.32 Å². The maximum atomic E-state index is 13.2. The molecule has 0 radical (unpaired) electrons. The van der Waals surface area contributed by atoms with Gasteiger partial charge in [-0.25, -0.2) is 4.39 Å². The number of nitrogens with one attached hydrogen (secondary N) is 1. The molecule has 0 saturated heterocycles. The van der Waals surface area contributed by atoms with Gasteiger partial charge in [0.15, 0.2) is 0 Å². The van der Waals surface area contributed by atoms with Crippen molar-refractivity contribution in [3.05, 3.63) is 46.9 Å². The van der Waals surface area contributed by atoms with Crippen LogP contribution >= 0.6 is 11.3 Å². The molecule has 6 nitrogen and oxygen atoms in total. The Balaban J connectivity index is 1.75. The van der Waals surface area contributed by atoms with Gasteiger partial charge >= 0.3 is 0 Å². The Bertz CT molecular complexity index is 843. The van der Waals surface area contributed by atoms with Crippen molar-refractivity contribution in [1.82, 2.24) is 15.4 Å². The molecule has 0 saturated carbocycles. The summed E-state index contributed by atoms with van der Waals surface area (Å²) in [5.41, 5.74) is 0.917. The molecule has 1 amide bonds. The van der Waals surface area contributed by atoms with E-state index in [1.54, 1.807) is 12.1 Å². The number of anilines is 1. The Labute approximate surface area is 135 Å². The predicted molar refractivity (Wildman–Crippen MR) is 83.8 cm³/mol. The van der Waals surface area contributed by atoms with Gasteiger partial charge in [0.25, 0.3) is 5.91 Å². The van der Waals surface area contributed by atoms with Crippen LogP contribution in [0.1, 0.15) is 35.3 Å². The molecule has 0 bridgehead atoms. The van der Waals surface area contributed by atoms with Gasteiger partial charge in [-0.15, -0.1) is 10.2 Å². The minimum Gasteiger partial charge on any atom is -0.350 e. The van der Waals surface area contributed by atoms with Gasteiger partial charge < -0.3 is 4.52 Å². The third kappa shape index (κ3) is 3.42. The lowest BCUT2D eigenvalue weighted by Gasteiger charge is -1.96. The normalized spacial score (nSPS) is 11.0. The molecule has 1 N–H and O–H groups in total. The smallest absolute Gasteiger partial charge is 0.296 e.